The third-order valence-electron chi connectivity index (χ3n) is 7.51. The summed E-state index contributed by atoms with van der Waals surface area (Å²) in [5.41, 5.74) is 0.00725. The van der Waals surface area contributed by atoms with Crippen molar-refractivity contribution in [2.45, 2.75) is 64.1 Å². The van der Waals surface area contributed by atoms with E-state index in [2.05, 4.69) is 16.0 Å². The minimum atomic E-state index is -1.48. The number of hydrogen-bond donors (Lipinski definition) is 3. The first-order valence-corrected chi connectivity index (χ1v) is 15.2. The van der Waals surface area contributed by atoms with Gasteiger partial charge in [-0.1, -0.05) is 62.4 Å². The maximum atomic E-state index is 13.7. The molecule has 2 atom stereocenters. The monoisotopic (exact) mass is 640 g/mol. The molecule has 14 nitrogen and oxygen atoms in total. The average Bonchev–Trinajstić information content (AvgIpc) is 3.06. The van der Waals surface area contributed by atoms with Crippen LogP contribution in [0.5, 0.6) is 5.75 Å². The van der Waals surface area contributed by atoms with E-state index in [1.54, 1.807) is 31.2 Å². The number of methoxy groups -OCH3 is 1. The lowest BCUT2D eigenvalue weighted by atomic mass is 9.84. The summed E-state index contributed by atoms with van der Waals surface area (Å²) in [6.45, 7) is 0.811. The molecular formula is C32H40N4O10. The molecule has 1 aliphatic rings. The Morgan fingerprint density at radius 2 is 1.70 bits per heavy atom. The van der Waals surface area contributed by atoms with Crippen LogP contribution in [-0.4, -0.2) is 73.3 Å². The molecule has 2 aromatic rings. The highest BCUT2D eigenvalue weighted by Crippen LogP contribution is 2.28. The maximum absolute atomic E-state index is 13.7. The van der Waals surface area contributed by atoms with Gasteiger partial charge in [0.1, 0.15) is 29.9 Å². The zero-order valence-electron chi connectivity index (χ0n) is 26.0. The van der Waals surface area contributed by atoms with Gasteiger partial charge in [0.25, 0.3) is 17.5 Å². The van der Waals surface area contributed by atoms with E-state index in [1.807, 2.05) is 6.07 Å². The molecule has 0 bridgehead atoms. The minimum Gasteiger partial charge on any atom is -0.497 e. The first-order valence-electron chi connectivity index (χ1n) is 15.2. The number of nitro groups is 1. The molecular weight excluding hydrogens is 600 g/mol. The van der Waals surface area contributed by atoms with E-state index in [-0.39, 0.29) is 36.9 Å². The van der Waals surface area contributed by atoms with Gasteiger partial charge in [-0.25, -0.2) is 0 Å². The highest BCUT2D eigenvalue weighted by Gasteiger charge is 2.33. The second-order valence-corrected chi connectivity index (χ2v) is 10.8. The van der Waals surface area contributed by atoms with Crippen molar-refractivity contribution in [1.82, 2.24) is 16.0 Å². The van der Waals surface area contributed by atoms with Crippen molar-refractivity contribution < 1.29 is 43.1 Å². The largest absolute Gasteiger partial charge is 0.497 e. The first kappa shape index (κ1) is 35.6. The number of amides is 3. The van der Waals surface area contributed by atoms with E-state index in [4.69, 9.17) is 14.2 Å². The molecule has 1 aliphatic carbocycles. The van der Waals surface area contributed by atoms with Crippen molar-refractivity contribution in [3.8, 4) is 5.75 Å². The minimum absolute atomic E-state index is 0.0708. The van der Waals surface area contributed by atoms with Crippen molar-refractivity contribution in [1.29, 1.82) is 0 Å². The first-order chi connectivity index (χ1) is 22.1. The van der Waals surface area contributed by atoms with Crippen molar-refractivity contribution in [3.63, 3.8) is 0 Å². The van der Waals surface area contributed by atoms with Gasteiger partial charge in [-0.2, -0.15) is 0 Å². The highest BCUT2D eigenvalue weighted by molar-refractivity contribution is 6.38. The van der Waals surface area contributed by atoms with Crippen LogP contribution in [0, 0.1) is 16.0 Å². The van der Waals surface area contributed by atoms with Crippen molar-refractivity contribution in [2.24, 2.45) is 5.92 Å². The van der Waals surface area contributed by atoms with E-state index in [0.717, 1.165) is 43.7 Å². The molecule has 0 aliphatic heterocycles. The number of carbonyl (C=O) groups excluding carboxylic acids is 5. The van der Waals surface area contributed by atoms with Crippen LogP contribution in [0.25, 0.3) is 0 Å². The Bertz CT molecular complexity index is 1380. The van der Waals surface area contributed by atoms with Crippen LogP contribution in [0.4, 0.5) is 5.69 Å². The van der Waals surface area contributed by atoms with Crippen LogP contribution in [-0.2, 0) is 35.3 Å². The second kappa shape index (κ2) is 18.2. The number of nitro benzene ring substituents is 1. The molecule has 1 fully saturated rings. The normalized spacial score (nSPS) is 14.3. The van der Waals surface area contributed by atoms with E-state index < -0.39 is 65.3 Å². The van der Waals surface area contributed by atoms with E-state index >= 15 is 0 Å². The van der Waals surface area contributed by atoms with Crippen molar-refractivity contribution in [3.05, 3.63) is 69.8 Å². The second-order valence-electron chi connectivity index (χ2n) is 10.8. The Kier molecular flexibility index (Phi) is 14.1. The average molecular weight is 641 g/mol. The molecule has 0 saturated heterocycles. The molecule has 3 rings (SSSR count). The third kappa shape index (κ3) is 10.9. The van der Waals surface area contributed by atoms with Crippen molar-refractivity contribution >= 4 is 35.2 Å². The van der Waals surface area contributed by atoms with Gasteiger partial charge < -0.3 is 30.2 Å². The number of ether oxygens (including phenoxy) is 3. The maximum Gasteiger partial charge on any atom is 0.325 e. The zero-order chi connectivity index (χ0) is 33.5. The molecule has 46 heavy (non-hydrogen) atoms. The fraction of sp³-hybridized carbons (Fsp3) is 0.469. The summed E-state index contributed by atoms with van der Waals surface area (Å²) < 4.78 is 15.6. The summed E-state index contributed by atoms with van der Waals surface area (Å²) in [4.78, 5) is 75.7. The lowest BCUT2D eigenvalue weighted by Crippen LogP contribution is -2.56. The fourth-order valence-corrected chi connectivity index (χ4v) is 5.14. The van der Waals surface area contributed by atoms with Crippen LogP contribution in [0.3, 0.4) is 0 Å². The quantitative estimate of drug-likeness (QED) is 0.100. The molecule has 248 valence electrons. The Labute approximate surface area is 266 Å². The van der Waals surface area contributed by atoms with Gasteiger partial charge in [-0.3, -0.25) is 34.1 Å². The Hall–Kier alpha value is -4.85. The number of nitrogens with one attached hydrogen (secondary N) is 3. The molecule has 0 heterocycles. The summed E-state index contributed by atoms with van der Waals surface area (Å²) in [6, 6.07) is 10.0. The predicted molar refractivity (Wildman–Crippen MR) is 165 cm³/mol. The van der Waals surface area contributed by atoms with Gasteiger partial charge in [-0.05, 0) is 37.0 Å². The van der Waals surface area contributed by atoms with Gasteiger partial charge in [-0.15, -0.1) is 0 Å². The van der Waals surface area contributed by atoms with Gasteiger partial charge in [0, 0.05) is 6.07 Å². The number of ketones is 1. The van der Waals surface area contributed by atoms with Gasteiger partial charge in [0.05, 0.1) is 31.9 Å². The van der Waals surface area contributed by atoms with Crippen LogP contribution in [0.2, 0.25) is 0 Å². The number of carbonyl (C=O) groups is 5. The lowest BCUT2D eigenvalue weighted by molar-refractivity contribution is -0.385. The molecule has 14 heteroatoms. The summed E-state index contributed by atoms with van der Waals surface area (Å²) >= 11 is 0. The van der Waals surface area contributed by atoms with Crippen LogP contribution < -0.4 is 20.7 Å². The predicted octanol–water partition coefficient (Wildman–Crippen LogP) is 2.62. The molecule has 0 radical (unpaired) electrons. The summed E-state index contributed by atoms with van der Waals surface area (Å²) in [5, 5.41) is 19.0. The fourth-order valence-electron chi connectivity index (χ4n) is 5.14. The lowest BCUT2D eigenvalue weighted by Gasteiger charge is -2.28. The highest BCUT2D eigenvalue weighted by atomic mass is 16.6. The number of Topliss-reactive ketones (excluding diaryl/α,β-unsaturated/α-hetero) is 1. The van der Waals surface area contributed by atoms with E-state index in [1.165, 1.54) is 19.2 Å². The van der Waals surface area contributed by atoms with Crippen LogP contribution in [0.15, 0.2) is 48.5 Å². The summed E-state index contributed by atoms with van der Waals surface area (Å²) in [6.07, 6.45) is 4.78. The Morgan fingerprint density at radius 1 is 0.978 bits per heavy atom. The number of benzene rings is 2. The number of rotatable bonds is 17. The SMILES string of the molecule is CCOC(=O)CNC(=O)C(=O)[C@@H](COCc1ccccc1)NC(=O)C(CC1CCCCC1)NC(=O)c1cc(OC)ccc1[N+](=O)[O-]. The molecule has 2 aromatic carbocycles. The van der Waals surface area contributed by atoms with Gasteiger partial charge in [0.15, 0.2) is 0 Å². The van der Waals surface area contributed by atoms with Crippen LogP contribution >= 0.6 is 0 Å². The van der Waals surface area contributed by atoms with E-state index in [9.17, 15) is 34.1 Å². The molecule has 3 N–H and O–H groups in total. The molecule has 1 unspecified atom stereocenters. The van der Waals surface area contributed by atoms with Gasteiger partial charge >= 0.3 is 5.97 Å². The summed E-state index contributed by atoms with van der Waals surface area (Å²) in [5.74, 6) is -4.33. The molecule has 1 saturated carbocycles. The van der Waals surface area contributed by atoms with E-state index in [0.29, 0.717) is 0 Å². The number of esters is 1. The third-order valence-corrected chi connectivity index (χ3v) is 7.51. The Balaban J connectivity index is 1.83. The molecule has 0 spiro atoms. The number of nitrogens with zero attached hydrogens (tertiary/aromatic N) is 1. The topological polar surface area (TPSA) is 192 Å². The van der Waals surface area contributed by atoms with Crippen LogP contribution in [0.1, 0.15) is 61.4 Å². The Morgan fingerprint density at radius 3 is 2.35 bits per heavy atom. The smallest absolute Gasteiger partial charge is 0.325 e. The molecule has 0 aromatic heterocycles. The molecule has 3 amide bonds. The van der Waals surface area contributed by atoms with Crippen molar-refractivity contribution in [2.75, 3.05) is 26.9 Å². The summed E-state index contributed by atoms with van der Waals surface area (Å²) in [7, 11) is 1.35. The zero-order valence-corrected chi connectivity index (χ0v) is 26.0. The van der Waals surface area contributed by atoms with Gasteiger partial charge in [0.2, 0.25) is 11.7 Å². The number of hydrogen-bond acceptors (Lipinski definition) is 10. The standard InChI is InChI=1S/C32H40N4O10/c1-3-46-28(37)18-33-32(41)29(38)26(20-45-19-22-12-8-5-9-13-22)35-31(40)25(16-21-10-6-4-7-11-21)34-30(39)24-17-23(44-2)14-15-27(24)36(42)43/h5,8-9,12-15,17,21,25-26H,3-4,6-7,10-11,16,18-20H2,1-2H3,(H,33,41)(H,34,39)(H,35,40)/t25?,26-/m1/s1.